The van der Waals surface area contributed by atoms with Gasteiger partial charge in [-0.25, -0.2) is 17.2 Å². The van der Waals surface area contributed by atoms with E-state index >= 15 is 0 Å². The molecule has 0 aliphatic rings. The standard InChI is InChI=1S/C28H31ClF2N2O4S/c1-4-28(34)32(3)17-7-8-18-37-27-10-6-5-9-24(27)20(2)33(26-19-22(30)13-16-25(26)31)38(35,36)23-14-11-21(29)12-15-23/h5-6,9-16,19-20H,4,7-8,17-18H2,1-3H3/t20-/m1/s1. The predicted molar refractivity (Wildman–Crippen MR) is 145 cm³/mol. The molecule has 1 amide bonds. The van der Waals surface area contributed by atoms with Crippen LogP contribution in [0.25, 0.3) is 0 Å². The molecule has 0 bridgehead atoms. The number of nitrogens with zero attached hydrogens (tertiary/aromatic N) is 2. The summed E-state index contributed by atoms with van der Waals surface area (Å²) in [5.74, 6) is -1.18. The summed E-state index contributed by atoms with van der Waals surface area (Å²) >= 11 is 5.94. The summed E-state index contributed by atoms with van der Waals surface area (Å²) in [6.45, 7) is 4.33. The molecule has 0 unspecified atom stereocenters. The van der Waals surface area contributed by atoms with Crippen LogP contribution in [0.15, 0.2) is 71.6 Å². The third-order valence-corrected chi connectivity index (χ3v) is 8.26. The Bertz CT molecular complexity index is 1350. The van der Waals surface area contributed by atoms with Crippen molar-refractivity contribution in [1.82, 2.24) is 4.90 Å². The van der Waals surface area contributed by atoms with E-state index in [0.717, 1.165) is 28.9 Å². The van der Waals surface area contributed by atoms with E-state index in [0.29, 0.717) is 42.3 Å². The van der Waals surface area contributed by atoms with Crippen molar-refractivity contribution in [1.29, 1.82) is 0 Å². The van der Waals surface area contributed by atoms with Crippen LogP contribution in [0.3, 0.4) is 0 Å². The van der Waals surface area contributed by atoms with Crippen LogP contribution in [0.2, 0.25) is 5.02 Å². The Labute approximate surface area is 227 Å². The van der Waals surface area contributed by atoms with E-state index < -0.39 is 33.4 Å². The number of amides is 1. The first-order valence-electron chi connectivity index (χ1n) is 12.3. The minimum atomic E-state index is -4.35. The van der Waals surface area contributed by atoms with Crippen LogP contribution in [0.1, 0.15) is 44.7 Å². The number of sulfonamides is 1. The van der Waals surface area contributed by atoms with Crippen LogP contribution < -0.4 is 9.04 Å². The van der Waals surface area contributed by atoms with E-state index in [1.807, 2.05) is 6.92 Å². The highest BCUT2D eigenvalue weighted by molar-refractivity contribution is 7.92. The van der Waals surface area contributed by atoms with Crippen molar-refractivity contribution in [2.75, 3.05) is 24.5 Å². The summed E-state index contributed by atoms with van der Waals surface area (Å²) in [4.78, 5) is 13.3. The number of carbonyl (C=O) groups excluding carboxylic acids is 1. The van der Waals surface area contributed by atoms with Gasteiger partial charge in [0.2, 0.25) is 5.91 Å². The lowest BCUT2D eigenvalue weighted by molar-refractivity contribution is -0.129. The van der Waals surface area contributed by atoms with Gasteiger partial charge >= 0.3 is 0 Å². The van der Waals surface area contributed by atoms with Gasteiger partial charge in [-0.15, -0.1) is 0 Å². The van der Waals surface area contributed by atoms with Crippen molar-refractivity contribution in [3.8, 4) is 5.75 Å². The quantitative estimate of drug-likeness (QED) is 0.232. The Balaban J connectivity index is 1.92. The maximum atomic E-state index is 15.0. The summed E-state index contributed by atoms with van der Waals surface area (Å²) < 4.78 is 63.6. The first-order chi connectivity index (χ1) is 18.1. The molecular formula is C28H31ClF2N2O4S. The Morgan fingerprint density at radius 1 is 1.03 bits per heavy atom. The molecule has 0 N–H and O–H groups in total. The van der Waals surface area contributed by atoms with E-state index in [4.69, 9.17) is 16.3 Å². The van der Waals surface area contributed by atoms with Crippen molar-refractivity contribution >= 4 is 33.2 Å². The van der Waals surface area contributed by atoms with Crippen LogP contribution in [0, 0.1) is 11.6 Å². The van der Waals surface area contributed by atoms with E-state index in [9.17, 15) is 22.0 Å². The molecule has 0 fully saturated rings. The van der Waals surface area contributed by atoms with Crippen LogP contribution in [-0.2, 0) is 14.8 Å². The zero-order valence-electron chi connectivity index (χ0n) is 21.5. The molecular weight excluding hydrogens is 534 g/mol. The Morgan fingerprint density at radius 3 is 2.39 bits per heavy atom. The fraction of sp³-hybridized carbons (Fsp3) is 0.321. The highest BCUT2D eigenvalue weighted by Crippen LogP contribution is 2.38. The first-order valence-corrected chi connectivity index (χ1v) is 14.1. The van der Waals surface area contributed by atoms with E-state index in [-0.39, 0.29) is 10.8 Å². The number of anilines is 1. The Morgan fingerprint density at radius 2 is 1.71 bits per heavy atom. The molecule has 204 valence electrons. The normalized spacial score (nSPS) is 12.2. The Hall–Kier alpha value is -3.17. The van der Waals surface area contributed by atoms with Gasteiger partial charge < -0.3 is 9.64 Å². The predicted octanol–water partition coefficient (Wildman–Crippen LogP) is 6.60. The Kier molecular flexibility index (Phi) is 10.1. The van der Waals surface area contributed by atoms with Crippen molar-refractivity contribution in [2.45, 2.75) is 44.0 Å². The third-order valence-electron chi connectivity index (χ3n) is 6.11. The van der Waals surface area contributed by atoms with Gasteiger partial charge in [-0.3, -0.25) is 9.10 Å². The van der Waals surface area contributed by atoms with Crippen LogP contribution in [-0.4, -0.2) is 39.4 Å². The van der Waals surface area contributed by atoms with Crippen molar-refractivity contribution in [3.05, 3.63) is 89.0 Å². The molecule has 0 aliphatic carbocycles. The van der Waals surface area contributed by atoms with Gasteiger partial charge in [0.05, 0.1) is 23.2 Å². The number of para-hydroxylation sites is 1. The van der Waals surface area contributed by atoms with Crippen molar-refractivity contribution in [2.24, 2.45) is 0 Å². The summed E-state index contributed by atoms with van der Waals surface area (Å²) in [6.07, 6.45) is 1.83. The lowest BCUT2D eigenvalue weighted by atomic mass is 10.1. The van der Waals surface area contributed by atoms with Crippen LogP contribution >= 0.6 is 11.6 Å². The molecule has 0 aliphatic heterocycles. The third kappa shape index (κ3) is 7.02. The largest absolute Gasteiger partial charge is 0.493 e. The number of hydrogen-bond acceptors (Lipinski definition) is 4. The zero-order chi connectivity index (χ0) is 27.9. The van der Waals surface area contributed by atoms with Gasteiger partial charge in [-0.2, -0.15) is 0 Å². The number of ether oxygens (including phenoxy) is 1. The molecule has 38 heavy (non-hydrogen) atoms. The molecule has 3 rings (SSSR count). The molecule has 3 aromatic carbocycles. The van der Waals surface area contributed by atoms with Gasteiger partial charge in [-0.1, -0.05) is 36.7 Å². The molecule has 0 saturated heterocycles. The molecule has 0 spiro atoms. The number of halogens is 3. The highest BCUT2D eigenvalue weighted by Gasteiger charge is 2.34. The molecule has 0 radical (unpaired) electrons. The molecule has 10 heteroatoms. The second-order valence-electron chi connectivity index (χ2n) is 8.79. The van der Waals surface area contributed by atoms with Crippen molar-refractivity contribution in [3.63, 3.8) is 0 Å². The molecule has 0 aromatic heterocycles. The summed E-state index contributed by atoms with van der Waals surface area (Å²) in [7, 11) is -2.59. The minimum Gasteiger partial charge on any atom is -0.493 e. The maximum Gasteiger partial charge on any atom is 0.264 e. The topological polar surface area (TPSA) is 66.9 Å². The van der Waals surface area contributed by atoms with Crippen LogP contribution in [0.4, 0.5) is 14.5 Å². The monoisotopic (exact) mass is 564 g/mol. The average molecular weight is 565 g/mol. The zero-order valence-corrected chi connectivity index (χ0v) is 23.1. The lowest BCUT2D eigenvalue weighted by Gasteiger charge is -2.32. The number of unbranched alkanes of at least 4 members (excludes halogenated alkanes) is 1. The maximum absolute atomic E-state index is 15.0. The van der Waals surface area contributed by atoms with E-state index in [2.05, 4.69) is 0 Å². The molecule has 3 aromatic rings. The first kappa shape index (κ1) is 29.4. The SMILES string of the molecule is CCC(=O)N(C)CCCCOc1ccccc1[C@@H](C)N(c1cc(F)ccc1F)S(=O)(=O)c1ccc(Cl)cc1. The summed E-state index contributed by atoms with van der Waals surface area (Å²) in [5.41, 5.74) is 0.0536. The van der Waals surface area contributed by atoms with Gasteiger partial charge in [0.1, 0.15) is 17.4 Å². The molecule has 1 atom stereocenters. The van der Waals surface area contributed by atoms with Crippen LogP contribution in [0.5, 0.6) is 5.75 Å². The number of hydrogen-bond donors (Lipinski definition) is 0. The average Bonchev–Trinajstić information content (AvgIpc) is 2.90. The van der Waals surface area contributed by atoms with Gasteiger partial charge in [-0.05, 0) is 62.2 Å². The van der Waals surface area contributed by atoms with Gasteiger partial charge in [0.25, 0.3) is 10.0 Å². The smallest absolute Gasteiger partial charge is 0.264 e. The van der Waals surface area contributed by atoms with E-state index in [1.165, 1.54) is 24.3 Å². The highest BCUT2D eigenvalue weighted by atomic mass is 35.5. The minimum absolute atomic E-state index is 0.0663. The number of rotatable bonds is 12. The van der Waals surface area contributed by atoms with Gasteiger partial charge in [0, 0.05) is 36.7 Å². The molecule has 0 saturated carbocycles. The second kappa shape index (κ2) is 13.1. The summed E-state index contributed by atoms with van der Waals surface area (Å²) in [6, 6.07) is 14.1. The fourth-order valence-electron chi connectivity index (χ4n) is 4.03. The second-order valence-corrected chi connectivity index (χ2v) is 11.0. The lowest BCUT2D eigenvalue weighted by Crippen LogP contribution is -2.34. The number of carbonyl (C=O) groups is 1. The molecule has 6 nitrogen and oxygen atoms in total. The summed E-state index contributed by atoms with van der Waals surface area (Å²) in [5, 5.41) is 0.337. The van der Waals surface area contributed by atoms with Gasteiger partial charge in [0.15, 0.2) is 0 Å². The molecule has 0 heterocycles. The fourth-order valence-corrected chi connectivity index (χ4v) is 5.79. The van der Waals surface area contributed by atoms with Crippen molar-refractivity contribution < 1.29 is 26.7 Å². The number of benzene rings is 3. The van der Waals surface area contributed by atoms with E-state index in [1.54, 1.807) is 43.1 Å².